The van der Waals surface area contributed by atoms with Gasteiger partial charge in [0.15, 0.2) is 0 Å². The fourth-order valence-electron chi connectivity index (χ4n) is 4.58. The molecule has 0 radical (unpaired) electrons. The van der Waals surface area contributed by atoms with Gasteiger partial charge in [-0.3, -0.25) is 14.4 Å². The number of carbonyl (C=O) groups excluding carboxylic acids is 3. The van der Waals surface area contributed by atoms with Crippen LogP contribution in [0.5, 0.6) is 0 Å². The summed E-state index contributed by atoms with van der Waals surface area (Å²) in [6, 6.07) is 6.76. The fraction of sp³-hybridized carbons (Fsp3) is 0.500. The SMILES string of the molecule is C[C@H]1CN(C(=O)C2CCN(C3=C(Cl)C(=O)c4ccccc4C3=O)CC2)C[C@H](C)O1. The Morgan fingerprint density at radius 2 is 1.55 bits per heavy atom. The molecule has 2 fully saturated rings. The second-order valence-electron chi connectivity index (χ2n) is 8.13. The molecule has 4 rings (SSSR count). The van der Waals surface area contributed by atoms with Gasteiger partial charge in [-0.15, -0.1) is 0 Å². The van der Waals surface area contributed by atoms with Gasteiger partial charge < -0.3 is 14.5 Å². The number of piperidine rings is 1. The molecule has 1 aromatic rings. The predicted molar refractivity (Wildman–Crippen MR) is 109 cm³/mol. The number of rotatable bonds is 2. The zero-order valence-electron chi connectivity index (χ0n) is 16.7. The number of hydrogen-bond acceptors (Lipinski definition) is 5. The molecule has 154 valence electrons. The van der Waals surface area contributed by atoms with E-state index in [1.807, 2.05) is 23.6 Å². The van der Waals surface area contributed by atoms with Crippen LogP contribution >= 0.6 is 11.6 Å². The van der Waals surface area contributed by atoms with E-state index < -0.39 is 0 Å². The van der Waals surface area contributed by atoms with Crippen molar-refractivity contribution in [3.05, 3.63) is 46.1 Å². The number of fused-ring (bicyclic) bond motifs is 1. The van der Waals surface area contributed by atoms with Gasteiger partial charge in [-0.1, -0.05) is 35.9 Å². The number of morpholine rings is 1. The number of nitrogens with zero attached hydrogens (tertiary/aromatic N) is 2. The van der Waals surface area contributed by atoms with Crippen molar-refractivity contribution in [2.45, 2.75) is 38.9 Å². The van der Waals surface area contributed by atoms with E-state index in [1.165, 1.54) is 0 Å². The van der Waals surface area contributed by atoms with Crippen LogP contribution in [0.3, 0.4) is 0 Å². The Labute approximate surface area is 175 Å². The Kier molecular flexibility index (Phi) is 5.49. The number of halogens is 1. The van der Waals surface area contributed by atoms with Gasteiger partial charge in [-0.2, -0.15) is 0 Å². The van der Waals surface area contributed by atoms with E-state index in [0.29, 0.717) is 50.1 Å². The van der Waals surface area contributed by atoms with Gasteiger partial charge in [0.25, 0.3) is 0 Å². The molecule has 0 unspecified atom stereocenters. The Morgan fingerprint density at radius 1 is 1.00 bits per heavy atom. The highest BCUT2D eigenvalue weighted by atomic mass is 35.5. The molecule has 0 bridgehead atoms. The van der Waals surface area contributed by atoms with Crippen molar-refractivity contribution in [1.29, 1.82) is 0 Å². The Morgan fingerprint density at radius 3 is 2.14 bits per heavy atom. The Bertz CT molecular complexity index is 879. The molecule has 2 saturated heterocycles. The predicted octanol–water partition coefficient (Wildman–Crippen LogP) is 2.86. The fourth-order valence-corrected chi connectivity index (χ4v) is 4.89. The van der Waals surface area contributed by atoms with Crippen LogP contribution in [0.2, 0.25) is 0 Å². The van der Waals surface area contributed by atoms with E-state index in [4.69, 9.17) is 16.3 Å². The van der Waals surface area contributed by atoms with Crippen molar-refractivity contribution >= 4 is 29.1 Å². The lowest BCUT2D eigenvalue weighted by Gasteiger charge is -2.40. The van der Waals surface area contributed by atoms with Crippen LogP contribution in [0.4, 0.5) is 0 Å². The molecule has 0 N–H and O–H groups in total. The largest absolute Gasteiger partial charge is 0.372 e. The molecule has 2 heterocycles. The number of ether oxygens (including phenoxy) is 1. The number of carbonyl (C=O) groups is 3. The second-order valence-corrected chi connectivity index (χ2v) is 8.51. The third-order valence-electron chi connectivity index (χ3n) is 5.93. The van der Waals surface area contributed by atoms with E-state index in [-0.39, 0.29) is 46.3 Å². The van der Waals surface area contributed by atoms with Crippen LogP contribution < -0.4 is 0 Å². The lowest BCUT2D eigenvalue weighted by Crippen LogP contribution is -2.51. The summed E-state index contributed by atoms with van der Waals surface area (Å²) in [5, 5.41) is -0.0192. The highest BCUT2D eigenvalue weighted by molar-refractivity contribution is 6.49. The van der Waals surface area contributed by atoms with E-state index in [0.717, 1.165) is 0 Å². The molecule has 29 heavy (non-hydrogen) atoms. The molecule has 1 aliphatic carbocycles. The number of likely N-dealkylation sites (tertiary alicyclic amines) is 1. The molecule has 1 amide bonds. The van der Waals surface area contributed by atoms with Crippen LogP contribution in [0.1, 0.15) is 47.4 Å². The number of Topliss-reactive ketones (excluding diaryl/α,β-unsaturated/α-hetero) is 2. The lowest BCUT2D eigenvalue weighted by atomic mass is 9.89. The van der Waals surface area contributed by atoms with Gasteiger partial charge >= 0.3 is 0 Å². The molecule has 3 aliphatic rings. The summed E-state index contributed by atoms with van der Waals surface area (Å²) in [6.45, 7) is 6.25. The first-order valence-corrected chi connectivity index (χ1v) is 10.5. The molecule has 6 nitrogen and oxygen atoms in total. The Hall–Kier alpha value is -2.18. The van der Waals surface area contributed by atoms with Gasteiger partial charge in [-0.25, -0.2) is 0 Å². The summed E-state index contributed by atoms with van der Waals surface area (Å²) in [7, 11) is 0. The molecule has 0 spiro atoms. The van der Waals surface area contributed by atoms with Crippen LogP contribution in [-0.4, -0.2) is 65.7 Å². The quantitative estimate of drug-likeness (QED) is 0.741. The van der Waals surface area contributed by atoms with E-state index in [2.05, 4.69) is 0 Å². The van der Waals surface area contributed by atoms with Crippen molar-refractivity contribution in [2.75, 3.05) is 26.2 Å². The van der Waals surface area contributed by atoms with Gasteiger partial charge in [-0.05, 0) is 26.7 Å². The van der Waals surface area contributed by atoms with Gasteiger partial charge in [0.05, 0.1) is 12.2 Å². The second kappa shape index (κ2) is 7.92. The van der Waals surface area contributed by atoms with Crippen molar-refractivity contribution in [3.8, 4) is 0 Å². The summed E-state index contributed by atoms with van der Waals surface area (Å²) in [4.78, 5) is 42.3. The zero-order valence-corrected chi connectivity index (χ0v) is 17.4. The summed E-state index contributed by atoms with van der Waals surface area (Å²) >= 11 is 6.32. The standard InChI is InChI=1S/C22H25ClN2O4/c1-13-11-25(12-14(2)29-13)22(28)15-7-9-24(10-8-15)19-18(23)20(26)16-5-3-4-6-17(16)21(19)27/h3-6,13-15H,7-12H2,1-2H3/t13-,14-/m0/s1. The minimum absolute atomic E-state index is 0.0192. The lowest BCUT2D eigenvalue weighted by molar-refractivity contribution is -0.148. The number of amides is 1. The van der Waals surface area contributed by atoms with Crippen molar-refractivity contribution in [2.24, 2.45) is 5.92 Å². The average Bonchev–Trinajstić information content (AvgIpc) is 2.71. The molecular formula is C22H25ClN2O4. The van der Waals surface area contributed by atoms with E-state index in [9.17, 15) is 14.4 Å². The third-order valence-corrected chi connectivity index (χ3v) is 6.28. The number of hydrogen-bond donors (Lipinski definition) is 0. The molecule has 2 atom stereocenters. The molecule has 0 saturated carbocycles. The molecule has 7 heteroatoms. The molecule has 0 aromatic heterocycles. The van der Waals surface area contributed by atoms with Gasteiger partial charge in [0.1, 0.15) is 10.7 Å². The first-order chi connectivity index (χ1) is 13.9. The summed E-state index contributed by atoms with van der Waals surface area (Å²) in [5.74, 6) is -0.454. The van der Waals surface area contributed by atoms with Crippen LogP contribution in [0.25, 0.3) is 0 Å². The van der Waals surface area contributed by atoms with Gasteiger partial charge in [0.2, 0.25) is 17.5 Å². The Balaban J connectivity index is 1.46. The summed E-state index contributed by atoms with van der Waals surface area (Å²) in [5.41, 5.74) is 1.02. The third kappa shape index (κ3) is 3.71. The minimum Gasteiger partial charge on any atom is -0.372 e. The summed E-state index contributed by atoms with van der Waals surface area (Å²) < 4.78 is 5.72. The summed E-state index contributed by atoms with van der Waals surface area (Å²) in [6.07, 6.45) is 1.35. The molecular weight excluding hydrogens is 392 g/mol. The highest BCUT2D eigenvalue weighted by Crippen LogP contribution is 2.33. The van der Waals surface area contributed by atoms with Crippen molar-refractivity contribution in [1.82, 2.24) is 9.80 Å². The zero-order chi connectivity index (χ0) is 20.7. The van der Waals surface area contributed by atoms with Crippen molar-refractivity contribution < 1.29 is 19.1 Å². The maximum absolute atomic E-state index is 13.0. The maximum atomic E-state index is 13.0. The van der Waals surface area contributed by atoms with Gasteiger partial charge in [0, 0.05) is 43.2 Å². The van der Waals surface area contributed by atoms with E-state index in [1.54, 1.807) is 24.3 Å². The van der Waals surface area contributed by atoms with Crippen LogP contribution in [0, 0.1) is 5.92 Å². The van der Waals surface area contributed by atoms with Crippen LogP contribution in [-0.2, 0) is 9.53 Å². The monoisotopic (exact) mass is 416 g/mol. The van der Waals surface area contributed by atoms with E-state index >= 15 is 0 Å². The topological polar surface area (TPSA) is 66.9 Å². The van der Waals surface area contributed by atoms with Crippen LogP contribution in [0.15, 0.2) is 35.0 Å². The first kappa shape index (κ1) is 20.1. The number of allylic oxidation sites excluding steroid dienone is 2. The molecule has 1 aromatic carbocycles. The maximum Gasteiger partial charge on any atom is 0.225 e. The molecule has 2 aliphatic heterocycles. The first-order valence-electron chi connectivity index (χ1n) is 10.1. The normalized spacial score (nSPS) is 26.0. The minimum atomic E-state index is -0.314. The number of ketones is 2. The number of benzene rings is 1. The smallest absolute Gasteiger partial charge is 0.225 e. The highest BCUT2D eigenvalue weighted by Gasteiger charge is 2.38. The average molecular weight is 417 g/mol. The van der Waals surface area contributed by atoms with Crippen molar-refractivity contribution in [3.63, 3.8) is 0 Å².